The molecule has 0 radical (unpaired) electrons. The second-order valence-corrected chi connectivity index (χ2v) is 5.60. The van der Waals surface area contributed by atoms with Crippen LogP contribution in [-0.2, 0) is 6.42 Å². The molecule has 0 aliphatic rings. The monoisotopic (exact) mass is 323 g/mol. The number of rotatable bonds is 4. The molecule has 2 N–H and O–H groups in total. The molecule has 102 valence electrons. The number of hydrogen-bond donors (Lipinski definition) is 1. The molecule has 0 amide bonds. The quantitative estimate of drug-likeness (QED) is 0.936. The van der Waals surface area contributed by atoms with Gasteiger partial charge in [0.1, 0.15) is 0 Å². The third kappa shape index (κ3) is 3.22. The minimum absolute atomic E-state index is 0.0710. The smallest absolute Gasteiger partial charge is 0.228 e. The molecule has 0 saturated heterocycles. The highest BCUT2D eigenvalue weighted by molar-refractivity contribution is 9.10. The Labute approximate surface area is 121 Å². The highest BCUT2D eigenvalue weighted by Gasteiger charge is 2.13. The maximum absolute atomic E-state index is 5.89. The summed E-state index contributed by atoms with van der Waals surface area (Å²) in [4.78, 5) is 4.41. The second kappa shape index (κ2) is 5.84. The van der Waals surface area contributed by atoms with E-state index in [1.807, 2.05) is 19.1 Å². The lowest BCUT2D eigenvalue weighted by Crippen LogP contribution is -2.21. The normalized spacial score (nSPS) is 12.7. The van der Waals surface area contributed by atoms with Crippen molar-refractivity contribution < 1.29 is 4.52 Å². The number of aromatic nitrogens is 2. The highest BCUT2D eigenvalue weighted by Crippen LogP contribution is 2.27. The van der Waals surface area contributed by atoms with Crippen molar-refractivity contribution in [3.8, 4) is 11.4 Å². The molecule has 1 unspecified atom stereocenters. The summed E-state index contributed by atoms with van der Waals surface area (Å²) < 4.78 is 6.37. The van der Waals surface area contributed by atoms with E-state index >= 15 is 0 Å². The van der Waals surface area contributed by atoms with Gasteiger partial charge in [0.05, 0.1) is 0 Å². The molecule has 0 aliphatic heterocycles. The number of aryl methyl sites for hydroxylation is 2. The Morgan fingerprint density at radius 2 is 1.95 bits per heavy atom. The molecule has 0 aliphatic carbocycles. The number of nitrogens with zero attached hydrogens (tertiary/aromatic N) is 2. The average Bonchev–Trinajstić information content (AvgIpc) is 2.83. The molecule has 1 heterocycles. The van der Waals surface area contributed by atoms with Gasteiger partial charge in [-0.2, -0.15) is 4.98 Å². The third-order valence-electron chi connectivity index (χ3n) is 3.12. The summed E-state index contributed by atoms with van der Waals surface area (Å²) in [5.74, 6) is 1.22. The molecule has 19 heavy (non-hydrogen) atoms. The van der Waals surface area contributed by atoms with Gasteiger partial charge in [0.25, 0.3) is 0 Å². The van der Waals surface area contributed by atoms with Gasteiger partial charge >= 0.3 is 0 Å². The van der Waals surface area contributed by atoms with Gasteiger partial charge in [-0.15, -0.1) is 0 Å². The molecule has 1 atom stereocenters. The molecule has 2 aromatic rings. The maximum Gasteiger partial charge on any atom is 0.228 e. The first-order valence-electron chi connectivity index (χ1n) is 6.36. The molecule has 5 heteroatoms. The average molecular weight is 324 g/mol. The Bertz CT molecular complexity index is 557. The molecule has 0 spiro atoms. The minimum Gasteiger partial charge on any atom is -0.339 e. The Morgan fingerprint density at radius 3 is 2.53 bits per heavy atom. The molecular formula is C14H18BrN3O. The van der Waals surface area contributed by atoms with Crippen LogP contribution in [0.2, 0.25) is 0 Å². The summed E-state index contributed by atoms with van der Waals surface area (Å²) in [5, 5.41) is 4.03. The van der Waals surface area contributed by atoms with Crippen LogP contribution in [0.5, 0.6) is 0 Å². The van der Waals surface area contributed by atoms with Crippen molar-refractivity contribution >= 4 is 15.9 Å². The topological polar surface area (TPSA) is 64.9 Å². The number of benzene rings is 1. The number of hydrogen-bond acceptors (Lipinski definition) is 4. The molecule has 0 saturated carbocycles. The Kier molecular flexibility index (Phi) is 4.37. The van der Waals surface area contributed by atoms with Crippen LogP contribution in [0.25, 0.3) is 11.4 Å². The van der Waals surface area contributed by atoms with E-state index in [0.29, 0.717) is 18.1 Å². The van der Waals surface area contributed by atoms with Gasteiger partial charge in [-0.3, -0.25) is 0 Å². The fourth-order valence-electron chi connectivity index (χ4n) is 1.90. The zero-order valence-electron chi connectivity index (χ0n) is 11.4. The van der Waals surface area contributed by atoms with Gasteiger partial charge in [0.15, 0.2) is 0 Å². The summed E-state index contributed by atoms with van der Waals surface area (Å²) >= 11 is 3.55. The Morgan fingerprint density at radius 1 is 1.32 bits per heavy atom. The van der Waals surface area contributed by atoms with Crippen molar-refractivity contribution in [1.29, 1.82) is 0 Å². The Hall–Kier alpha value is -1.20. The van der Waals surface area contributed by atoms with Gasteiger partial charge in [0, 0.05) is 22.5 Å². The van der Waals surface area contributed by atoms with Crippen LogP contribution in [-0.4, -0.2) is 16.2 Å². The zero-order chi connectivity index (χ0) is 14.0. The molecule has 1 aromatic carbocycles. The minimum atomic E-state index is 0.0710. The van der Waals surface area contributed by atoms with Crippen LogP contribution in [0.15, 0.2) is 21.1 Å². The van der Waals surface area contributed by atoms with Gasteiger partial charge in [-0.1, -0.05) is 28.0 Å². The van der Waals surface area contributed by atoms with Crippen molar-refractivity contribution in [2.75, 3.05) is 0 Å². The largest absolute Gasteiger partial charge is 0.339 e. The van der Waals surface area contributed by atoms with Crippen LogP contribution >= 0.6 is 15.9 Å². The first kappa shape index (κ1) is 14.2. The summed E-state index contributed by atoms with van der Waals surface area (Å²) in [5.41, 5.74) is 9.18. The first-order chi connectivity index (χ1) is 9.01. The SMILES string of the molecule is CCC(N)Cc1nc(-c2cc(C)c(Br)c(C)c2)no1. The third-order valence-corrected chi connectivity index (χ3v) is 4.37. The van der Waals surface area contributed by atoms with Crippen LogP contribution in [0.4, 0.5) is 0 Å². The van der Waals surface area contributed by atoms with Gasteiger partial charge in [0.2, 0.25) is 11.7 Å². The molecule has 0 bridgehead atoms. The lowest BCUT2D eigenvalue weighted by Gasteiger charge is -2.05. The summed E-state index contributed by atoms with van der Waals surface area (Å²) in [6.45, 7) is 6.15. The lowest BCUT2D eigenvalue weighted by atomic mass is 10.1. The van der Waals surface area contributed by atoms with E-state index in [9.17, 15) is 0 Å². The molecule has 0 fully saturated rings. The predicted molar refractivity (Wildman–Crippen MR) is 78.9 cm³/mol. The fourth-order valence-corrected chi connectivity index (χ4v) is 2.13. The van der Waals surface area contributed by atoms with E-state index in [-0.39, 0.29) is 6.04 Å². The van der Waals surface area contributed by atoms with E-state index in [0.717, 1.165) is 27.6 Å². The highest BCUT2D eigenvalue weighted by atomic mass is 79.9. The van der Waals surface area contributed by atoms with Gasteiger partial charge in [-0.25, -0.2) is 0 Å². The van der Waals surface area contributed by atoms with Crippen LogP contribution in [0, 0.1) is 13.8 Å². The van der Waals surface area contributed by atoms with Crippen molar-refractivity contribution in [2.24, 2.45) is 5.73 Å². The lowest BCUT2D eigenvalue weighted by molar-refractivity contribution is 0.368. The van der Waals surface area contributed by atoms with Crippen molar-refractivity contribution in [1.82, 2.24) is 10.1 Å². The molecule has 1 aromatic heterocycles. The summed E-state index contributed by atoms with van der Waals surface area (Å²) in [6.07, 6.45) is 1.52. The van der Waals surface area contributed by atoms with E-state index in [1.54, 1.807) is 0 Å². The predicted octanol–water partition coefficient (Wildman–Crippen LogP) is 3.40. The molecule has 2 rings (SSSR count). The standard InChI is InChI=1S/C14H18BrN3O/c1-4-11(16)7-12-17-14(18-19-12)10-5-8(2)13(15)9(3)6-10/h5-6,11H,4,7,16H2,1-3H3. The van der Waals surface area contributed by atoms with Crippen molar-refractivity contribution in [3.63, 3.8) is 0 Å². The van der Waals surface area contributed by atoms with Crippen LogP contribution < -0.4 is 5.73 Å². The van der Waals surface area contributed by atoms with Gasteiger partial charge in [-0.05, 0) is 43.5 Å². The molecular weight excluding hydrogens is 306 g/mol. The van der Waals surface area contributed by atoms with Gasteiger partial charge < -0.3 is 10.3 Å². The maximum atomic E-state index is 5.89. The van der Waals surface area contributed by atoms with E-state index in [2.05, 4.69) is 39.9 Å². The van der Waals surface area contributed by atoms with Crippen LogP contribution in [0.1, 0.15) is 30.4 Å². The zero-order valence-corrected chi connectivity index (χ0v) is 13.0. The summed E-state index contributed by atoms with van der Waals surface area (Å²) in [6, 6.07) is 4.17. The first-order valence-corrected chi connectivity index (χ1v) is 7.15. The van der Waals surface area contributed by atoms with E-state index in [4.69, 9.17) is 10.3 Å². The van der Waals surface area contributed by atoms with E-state index < -0.39 is 0 Å². The van der Waals surface area contributed by atoms with Crippen LogP contribution in [0.3, 0.4) is 0 Å². The second-order valence-electron chi connectivity index (χ2n) is 4.81. The number of halogens is 1. The van der Waals surface area contributed by atoms with Crippen molar-refractivity contribution in [2.45, 2.75) is 39.7 Å². The van der Waals surface area contributed by atoms with Crippen molar-refractivity contribution in [3.05, 3.63) is 33.6 Å². The summed E-state index contributed by atoms with van der Waals surface area (Å²) in [7, 11) is 0. The Balaban J connectivity index is 2.28. The van der Waals surface area contributed by atoms with E-state index in [1.165, 1.54) is 0 Å². The molecule has 4 nitrogen and oxygen atoms in total. The number of nitrogens with two attached hydrogens (primary N) is 1. The fraction of sp³-hybridized carbons (Fsp3) is 0.429.